The molecule has 4 aromatic heterocycles. The molecule has 8 rings (SSSR count). The number of hydrogen-bond acceptors (Lipinski definition) is 8. The van der Waals surface area contributed by atoms with Crippen LogP contribution in [0.5, 0.6) is 0 Å². The highest BCUT2D eigenvalue weighted by Crippen LogP contribution is 2.32. The summed E-state index contributed by atoms with van der Waals surface area (Å²) >= 11 is 0. The Bertz CT molecular complexity index is 2300. The number of nitrogens with zero attached hydrogens (tertiary/aromatic N) is 6. The number of pyridine rings is 2. The Morgan fingerprint density at radius 1 is 0.397 bits per heavy atom. The first-order valence-electron chi connectivity index (χ1n) is 18.4. The van der Waals surface area contributed by atoms with Crippen molar-refractivity contribution in [2.45, 2.75) is 27.7 Å². The number of quaternary nitrogens is 2. The first kappa shape index (κ1) is 42.6. The fourth-order valence-corrected chi connectivity index (χ4v) is 6.83. The third kappa shape index (κ3) is 10.8. The lowest BCUT2D eigenvalue weighted by atomic mass is 9.96. The van der Waals surface area contributed by atoms with Gasteiger partial charge in [0, 0.05) is 60.7 Å². The van der Waals surface area contributed by atoms with E-state index < -0.39 is 0 Å². The monoisotopic (exact) mass is 806 g/mol. The van der Waals surface area contributed by atoms with E-state index in [9.17, 15) is 0 Å². The van der Waals surface area contributed by atoms with Crippen LogP contribution in [0, 0.1) is 27.7 Å². The highest BCUT2D eigenvalue weighted by molar-refractivity contribution is 5.77. The van der Waals surface area contributed by atoms with E-state index in [2.05, 4.69) is 115 Å². The van der Waals surface area contributed by atoms with Gasteiger partial charge in [-0.25, -0.2) is 9.97 Å². The Hall–Kier alpha value is -6.56. The van der Waals surface area contributed by atoms with E-state index in [1.807, 2.05) is 97.6 Å². The zero-order chi connectivity index (χ0) is 38.7. The zero-order valence-corrected chi connectivity index (χ0v) is 34.1. The van der Waals surface area contributed by atoms with Crippen LogP contribution in [-0.4, -0.2) is 29.9 Å². The number of hydrogen-bond donors (Lipinski definition) is 4. The summed E-state index contributed by atoms with van der Waals surface area (Å²) in [5.41, 5.74) is 13.9. The predicted octanol–water partition coefficient (Wildman–Crippen LogP) is 2.86. The smallest absolute Gasteiger partial charge is 0.313 e. The Labute approximate surface area is 351 Å². The summed E-state index contributed by atoms with van der Waals surface area (Å²) < 4.78 is 0. The van der Waals surface area contributed by atoms with Crippen LogP contribution in [0.4, 0.5) is 46.0 Å². The second-order valence-corrected chi connectivity index (χ2v) is 13.4. The molecule has 0 fully saturated rings. The molecule has 0 aliphatic rings. The number of nitrogens with one attached hydrogen (secondary N) is 2. The van der Waals surface area contributed by atoms with Crippen molar-refractivity contribution in [1.29, 1.82) is 0 Å². The van der Waals surface area contributed by atoms with Crippen molar-refractivity contribution in [1.82, 2.24) is 29.9 Å². The predicted molar refractivity (Wildman–Crippen MR) is 224 cm³/mol. The second kappa shape index (κ2) is 20.6. The van der Waals surface area contributed by atoms with Crippen LogP contribution in [0.3, 0.4) is 0 Å². The lowest BCUT2D eigenvalue weighted by molar-refractivity contribution is -0.522. The van der Waals surface area contributed by atoms with Gasteiger partial charge in [-0.2, -0.15) is 9.97 Å². The molecule has 58 heavy (non-hydrogen) atoms. The van der Waals surface area contributed by atoms with E-state index in [1.54, 1.807) is 24.8 Å². The van der Waals surface area contributed by atoms with Gasteiger partial charge in [-0.15, -0.1) is 0 Å². The maximum atomic E-state index is 4.55. The minimum absolute atomic E-state index is 0. The molecule has 0 saturated carbocycles. The van der Waals surface area contributed by atoms with Crippen molar-refractivity contribution < 1.29 is 35.4 Å². The number of para-hydroxylation sites is 2. The Balaban J connectivity index is 0.000000214. The fourth-order valence-electron chi connectivity index (χ4n) is 6.83. The summed E-state index contributed by atoms with van der Waals surface area (Å²) in [5, 5.41) is 10.9. The summed E-state index contributed by atoms with van der Waals surface area (Å²) in [7, 11) is 0. The number of rotatable bonds is 10. The molecule has 8 aromatic rings. The maximum absolute atomic E-state index is 4.55. The minimum atomic E-state index is 0. The van der Waals surface area contributed by atoms with Gasteiger partial charge >= 0.3 is 11.6 Å². The molecule has 4 heterocycles. The standard InChI is InChI=1S/2C23H21N5.2ClH/c2*1-16-14-20(15-17(2)21(16)18-8-10-24-11-9-18)28-23-22(25-12-13-26-23)27-19-6-4-3-5-7-19;;/h2*3-15H,1-2H3,(H,25,27)(H,26,28);2*1H. The van der Waals surface area contributed by atoms with Crippen LogP contribution in [0.25, 0.3) is 22.3 Å². The molecular formula is C46H44Cl2N10. The van der Waals surface area contributed by atoms with E-state index in [-0.39, 0.29) is 24.8 Å². The molecular weight excluding hydrogens is 763 g/mol. The van der Waals surface area contributed by atoms with Crippen LogP contribution in [0.1, 0.15) is 22.3 Å². The van der Waals surface area contributed by atoms with E-state index in [1.165, 1.54) is 44.5 Å². The molecule has 0 amide bonds. The molecule has 292 valence electrons. The summed E-state index contributed by atoms with van der Waals surface area (Å²) in [5.74, 6) is 3.09. The van der Waals surface area contributed by atoms with Gasteiger partial charge in [0.2, 0.25) is 0 Å². The van der Waals surface area contributed by atoms with E-state index in [4.69, 9.17) is 0 Å². The second-order valence-electron chi connectivity index (χ2n) is 13.4. The van der Waals surface area contributed by atoms with Crippen molar-refractivity contribution in [3.63, 3.8) is 0 Å². The van der Waals surface area contributed by atoms with Crippen LogP contribution in [0.15, 0.2) is 159 Å². The average molecular weight is 808 g/mol. The van der Waals surface area contributed by atoms with Crippen LogP contribution < -0.4 is 46.1 Å². The topological polar surface area (TPSA) is 135 Å². The van der Waals surface area contributed by atoms with Gasteiger partial charge in [-0.3, -0.25) is 20.6 Å². The van der Waals surface area contributed by atoms with E-state index in [0.29, 0.717) is 11.6 Å². The molecule has 0 saturated heterocycles. The van der Waals surface area contributed by atoms with Gasteiger partial charge in [-0.1, -0.05) is 36.4 Å². The minimum Gasteiger partial charge on any atom is -1.00 e. The Kier molecular flexibility index (Phi) is 15.1. The molecule has 0 atom stereocenters. The highest BCUT2D eigenvalue weighted by Gasteiger charge is 2.18. The molecule has 6 N–H and O–H groups in total. The molecule has 0 aliphatic heterocycles. The largest absolute Gasteiger partial charge is 1.00 e. The number of anilines is 4. The Morgan fingerprint density at radius 3 is 1.28 bits per heavy atom. The van der Waals surface area contributed by atoms with Crippen LogP contribution in [0.2, 0.25) is 0 Å². The molecule has 0 spiro atoms. The Morgan fingerprint density at radius 2 is 0.793 bits per heavy atom. The molecule has 10 nitrogen and oxygen atoms in total. The molecule has 0 radical (unpaired) electrons. The molecule has 0 unspecified atom stereocenters. The number of nitrogens with two attached hydrogens (primary N) is 2. The van der Waals surface area contributed by atoms with Crippen molar-refractivity contribution in [3.8, 4) is 22.3 Å². The SMILES string of the molecule is Cc1cc(Nc2nccnc2Nc2ccccc2)cc(C)c1-c1ccncc1.Cc1cc([NH2+]c2nccnc2[NH2+]c2ccccc2)cc(C)c1-c1ccncc1.[Cl-].[Cl-]. The fraction of sp³-hybridized carbons (Fsp3) is 0.0870. The highest BCUT2D eigenvalue weighted by atomic mass is 35.5. The molecule has 0 aliphatic carbocycles. The van der Waals surface area contributed by atoms with E-state index in [0.717, 1.165) is 34.4 Å². The van der Waals surface area contributed by atoms with Gasteiger partial charge in [0.05, 0.1) is 12.4 Å². The average Bonchev–Trinajstić information content (AvgIpc) is 3.21. The van der Waals surface area contributed by atoms with Gasteiger partial charge < -0.3 is 35.4 Å². The summed E-state index contributed by atoms with van der Waals surface area (Å²) in [6.07, 6.45) is 14.1. The van der Waals surface area contributed by atoms with Crippen LogP contribution in [-0.2, 0) is 0 Å². The number of aromatic nitrogens is 6. The third-order valence-electron chi connectivity index (χ3n) is 9.19. The molecule has 12 heteroatoms. The first-order valence-corrected chi connectivity index (χ1v) is 18.4. The summed E-state index contributed by atoms with van der Waals surface area (Å²) in [6, 6.07) is 37.0. The van der Waals surface area contributed by atoms with Crippen molar-refractivity contribution in [3.05, 3.63) is 181 Å². The lowest BCUT2D eigenvalue weighted by Crippen LogP contribution is -3.00. The van der Waals surface area contributed by atoms with Crippen molar-refractivity contribution >= 4 is 46.0 Å². The maximum Gasteiger partial charge on any atom is 0.313 e. The van der Waals surface area contributed by atoms with Crippen LogP contribution >= 0.6 is 0 Å². The molecule has 0 bridgehead atoms. The number of aryl methyl sites for hydroxylation is 4. The number of benzene rings is 4. The first-order chi connectivity index (χ1) is 27.4. The van der Waals surface area contributed by atoms with Gasteiger partial charge in [0.1, 0.15) is 11.4 Å². The molecule has 4 aromatic carbocycles. The quantitative estimate of drug-likeness (QED) is 0.155. The zero-order valence-electron chi connectivity index (χ0n) is 32.6. The normalized spacial score (nSPS) is 10.3. The summed E-state index contributed by atoms with van der Waals surface area (Å²) in [4.78, 5) is 26.2. The van der Waals surface area contributed by atoms with Gasteiger partial charge in [0.15, 0.2) is 11.6 Å². The lowest BCUT2D eigenvalue weighted by Gasteiger charge is -2.15. The van der Waals surface area contributed by atoms with Gasteiger partial charge in [0.25, 0.3) is 0 Å². The third-order valence-corrected chi connectivity index (χ3v) is 9.19. The van der Waals surface area contributed by atoms with E-state index >= 15 is 0 Å². The summed E-state index contributed by atoms with van der Waals surface area (Å²) in [6.45, 7) is 8.53. The van der Waals surface area contributed by atoms with Crippen molar-refractivity contribution in [2.24, 2.45) is 0 Å². The number of halogens is 2. The van der Waals surface area contributed by atoms with Crippen molar-refractivity contribution in [2.75, 3.05) is 10.6 Å². The van der Waals surface area contributed by atoms with Gasteiger partial charge in [-0.05, 0) is 133 Å².